The molecule has 0 spiro atoms. The fourth-order valence-corrected chi connectivity index (χ4v) is 17.4. The van der Waals surface area contributed by atoms with E-state index in [9.17, 15) is 86.2 Å². The number of aliphatic hydroxyl groups excluding tert-OH is 15. The third-order valence-electron chi connectivity index (χ3n) is 22.5. The second kappa shape index (κ2) is 25.0. The Morgan fingerprint density at radius 3 is 1.81 bits per heavy atom. The van der Waals surface area contributed by atoms with Crippen LogP contribution < -0.4 is 0 Å². The van der Waals surface area contributed by atoms with Crippen LogP contribution in [-0.2, 0) is 57.0 Å². The van der Waals surface area contributed by atoms with Gasteiger partial charge in [0.2, 0.25) is 0 Å². The number of fused-ring (bicyclic) bond motifs is 7. The Morgan fingerprint density at radius 2 is 1.20 bits per heavy atom. The molecule has 4 aliphatic heterocycles. The number of hydrogen-bond donors (Lipinski definition) is 15. The maximum atomic E-state index is 13.3. The zero-order valence-corrected chi connectivity index (χ0v) is 50.6. The highest BCUT2D eigenvalue weighted by Gasteiger charge is 2.76. The number of carbonyl (C=O) groups is 2. The first-order chi connectivity index (χ1) is 40.1. The van der Waals surface area contributed by atoms with Crippen molar-refractivity contribution in [1.82, 2.24) is 0 Å². The van der Waals surface area contributed by atoms with Crippen molar-refractivity contribution in [2.75, 3.05) is 33.0 Å². The number of aliphatic hydroxyl groups is 15. The second-order valence-electron chi connectivity index (χ2n) is 28.3. The molecule has 4 saturated heterocycles. The third-order valence-corrected chi connectivity index (χ3v) is 22.5. The normalized spacial score (nSPS) is 51.7. The molecule has 27 nitrogen and oxygen atoms in total. The maximum Gasteiger partial charge on any atom is 0.308 e. The molecule has 31 atom stereocenters. The van der Waals surface area contributed by atoms with Gasteiger partial charge in [-0.15, -0.1) is 0 Å². The minimum Gasteiger partial charge on any atom is -0.458 e. The van der Waals surface area contributed by atoms with Crippen LogP contribution in [0.25, 0.3) is 0 Å². The molecule has 0 aromatic heterocycles. The van der Waals surface area contributed by atoms with Gasteiger partial charge in [0.05, 0.1) is 62.7 Å². The smallest absolute Gasteiger partial charge is 0.308 e. The Kier molecular flexibility index (Phi) is 19.8. The van der Waals surface area contributed by atoms with E-state index in [0.717, 1.165) is 5.57 Å². The first-order valence-corrected chi connectivity index (χ1v) is 30.4. The lowest BCUT2D eigenvalue weighted by Gasteiger charge is -2.73. The maximum absolute atomic E-state index is 13.3. The van der Waals surface area contributed by atoms with Crippen LogP contribution in [0.2, 0.25) is 0 Å². The predicted molar refractivity (Wildman–Crippen MR) is 290 cm³/mol. The summed E-state index contributed by atoms with van der Waals surface area (Å²) in [6.07, 6.45) is -34.4. The lowest BCUT2D eigenvalue weighted by Crippen LogP contribution is -2.76. The minimum absolute atomic E-state index is 0.125. The van der Waals surface area contributed by atoms with E-state index in [-0.39, 0.29) is 11.8 Å². The summed E-state index contributed by atoms with van der Waals surface area (Å²) in [6.45, 7) is 15.4. The number of allylic oxidation sites excluding steroid dienone is 1. The number of hydrogen-bond acceptors (Lipinski definition) is 27. The van der Waals surface area contributed by atoms with E-state index in [1.54, 1.807) is 13.8 Å². The molecule has 27 heteroatoms. The predicted octanol–water partition coefficient (Wildman–Crippen LogP) is -3.26. The van der Waals surface area contributed by atoms with Gasteiger partial charge in [0.15, 0.2) is 31.3 Å². The number of esters is 2. The van der Waals surface area contributed by atoms with E-state index >= 15 is 0 Å². The highest BCUT2D eigenvalue weighted by molar-refractivity contribution is 5.72. The van der Waals surface area contributed by atoms with Crippen molar-refractivity contribution in [3.63, 3.8) is 0 Å². The lowest BCUT2D eigenvalue weighted by molar-refractivity contribution is -0.392. The molecule has 494 valence electrons. The Balaban J connectivity index is 0.993. The summed E-state index contributed by atoms with van der Waals surface area (Å²) in [5, 5.41) is 167. The molecule has 4 heterocycles. The van der Waals surface area contributed by atoms with Gasteiger partial charge in [-0.2, -0.15) is 0 Å². The van der Waals surface area contributed by atoms with Gasteiger partial charge in [0.25, 0.3) is 0 Å². The molecule has 4 saturated carbocycles. The van der Waals surface area contributed by atoms with E-state index in [2.05, 4.69) is 19.9 Å². The Hall–Kier alpha value is -2.24. The molecule has 9 rings (SSSR count). The van der Waals surface area contributed by atoms with Crippen molar-refractivity contribution >= 4 is 11.9 Å². The molecule has 0 aromatic rings. The van der Waals surface area contributed by atoms with Crippen LogP contribution in [-0.4, -0.2) is 269 Å². The molecule has 8 fully saturated rings. The molecule has 0 radical (unpaired) electrons. The van der Waals surface area contributed by atoms with Crippen LogP contribution in [0.3, 0.4) is 0 Å². The quantitative estimate of drug-likeness (QED) is 0.0435. The first-order valence-electron chi connectivity index (χ1n) is 30.4. The van der Waals surface area contributed by atoms with Crippen molar-refractivity contribution in [1.29, 1.82) is 0 Å². The Labute approximate surface area is 500 Å². The molecular weight excluding hydrogens is 1140 g/mol. The number of ether oxygens (including phenoxy) is 10. The van der Waals surface area contributed by atoms with Gasteiger partial charge >= 0.3 is 11.9 Å². The zero-order chi connectivity index (χ0) is 63.5. The Morgan fingerprint density at radius 1 is 0.616 bits per heavy atom. The fraction of sp³-hybridized carbons (Fsp3) is 0.932. The Bertz CT molecular complexity index is 2410. The largest absolute Gasteiger partial charge is 0.458 e. The summed E-state index contributed by atoms with van der Waals surface area (Å²) in [5.41, 5.74) is -4.73. The van der Waals surface area contributed by atoms with E-state index in [1.807, 2.05) is 34.6 Å². The molecule has 86 heavy (non-hydrogen) atoms. The summed E-state index contributed by atoms with van der Waals surface area (Å²) in [4.78, 5) is 26.3. The number of rotatable bonds is 15. The topological polar surface area (TPSA) is 430 Å². The molecule has 15 N–H and O–H groups in total. The van der Waals surface area contributed by atoms with Crippen LogP contribution in [0, 0.1) is 56.2 Å². The van der Waals surface area contributed by atoms with Crippen molar-refractivity contribution in [3.05, 3.63) is 11.6 Å². The van der Waals surface area contributed by atoms with E-state index in [4.69, 9.17) is 47.4 Å². The summed E-state index contributed by atoms with van der Waals surface area (Å²) >= 11 is 0. The first kappa shape index (κ1) is 68.1. The molecule has 0 amide bonds. The highest BCUT2D eigenvalue weighted by Crippen LogP contribution is 2.76. The van der Waals surface area contributed by atoms with Gasteiger partial charge in [0, 0.05) is 17.8 Å². The molecule has 0 aromatic carbocycles. The molecule has 0 bridgehead atoms. The van der Waals surface area contributed by atoms with Gasteiger partial charge in [-0.1, -0.05) is 74.0 Å². The monoisotopic (exact) mass is 1240 g/mol. The van der Waals surface area contributed by atoms with E-state index in [1.165, 1.54) is 6.92 Å². The molecule has 31 unspecified atom stereocenters. The third kappa shape index (κ3) is 11.0. The van der Waals surface area contributed by atoms with Crippen molar-refractivity contribution < 1.29 is 134 Å². The molecule has 9 aliphatic rings. The van der Waals surface area contributed by atoms with Gasteiger partial charge in [0.1, 0.15) is 97.7 Å². The average Bonchev–Trinajstić information content (AvgIpc) is 0.667. The average molecular weight is 1240 g/mol. The standard InChI is InChI=1S/C59H96O27/c1-23(2)49(76)86-47-48(79-24(3)63)59(22-62)26(17-54(47,4)5)25-11-12-32-56(8)15-14-33(55(6,7)31(56)13-16-57(32,9)58(25,10)45(74)46(59)75)83-53-44(38(69)36(67)30(82-53)21-78-50-40(71)34(65)27(64)20-77-50)85-52-42(73)39(70)43(29(19-61)81-52)84-51-41(72)37(68)35(66)28(18-60)80-51/h11,23,26-48,50-53,60-62,64-75H,12-22H2,1-10H3. The van der Waals surface area contributed by atoms with Gasteiger partial charge in [-0.25, -0.2) is 0 Å². The summed E-state index contributed by atoms with van der Waals surface area (Å²) < 4.78 is 60.2. The summed E-state index contributed by atoms with van der Waals surface area (Å²) in [6, 6.07) is 0. The van der Waals surface area contributed by atoms with Gasteiger partial charge < -0.3 is 124 Å². The number of carbonyl (C=O) groups excluding carboxylic acids is 2. The summed E-state index contributed by atoms with van der Waals surface area (Å²) in [7, 11) is 0. The second-order valence-corrected chi connectivity index (χ2v) is 28.3. The van der Waals surface area contributed by atoms with E-state index < -0.39 is 237 Å². The highest BCUT2D eigenvalue weighted by atomic mass is 16.8. The SMILES string of the molecule is CC(=O)OC1C(OC(=O)C(C)C)C(C)(C)CC2C3=CCC4C5(C)CCC(OC6OC(COC7OCC(O)C(O)C7O)C(O)C(O)C6OC6OC(CO)C(OC7OC(CO)C(O)C(O)C7O)C(O)C6O)C(C)(C)C5CCC4(C)C3(C)C(O)C(O)C21CO. The van der Waals surface area contributed by atoms with Crippen LogP contribution in [0.1, 0.15) is 108 Å². The fourth-order valence-electron chi connectivity index (χ4n) is 17.4. The molecular formula is C59H96O27. The zero-order valence-electron chi connectivity index (χ0n) is 50.6. The van der Waals surface area contributed by atoms with Crippen molar-refractivity contribution in [3.8, 4) is 0 Å². The van der Waals surface area contributed by atoms with E-state index in [0.29, 0.717) is 38.5 Å². The van der Waals surface area contributed by atoms with Crippen molar-refractivity contribution in [2.45, 2.75) is 255 Å². The minimum atomic E-state index is -2.07. The van der Waals surface area contributed by atoms with Crippen LogP contribution in [0.4, 0.5) is 0 Å². The van der Waals surface area contributed by atoms with Crippen LogP contribution in [0.5, 0.6) is 0 Å². The molecule has 5 aliphatic carbocycles. The van der Waals surface area contributed by atoms with Gasteiger partial charge in [-0.3, -0.25) is 9.59 Å². The van der Waals surface area contributed by atoms with Crippen LogP contribution in [0.15, 0.2) is 11.6 Å². The lowest BCUT2D eigenvalue weighted by atomic mass is 9.32. The van der Waals surface area contributed by atoms with Gasteiger partial charge in [-0.05, 0) is 72.5 Å². The summed E-state index contributed by atoms with van der Waals surface area (Å²) in [5.74, 6) is -2.68. The van der Waals surface area contributed by atoms with Crippen LogP contribution >= 0.6 is 0 Å². The van der Waals surface area contributed by atoms with Crippen molar-refractivity contribution in [2.24, 2.45) is 56.2 Å².